The summed E-state index contributed by atoms with van der Waals surface area (Å²) in [6.07, 6.45) is 0.807. The molecule has 0 fully saturated rings. The second-order valence-electron chi connectivity index (χ2n) is 4.70. The number of nitrogens with zero attached hydrogens (tertiary/aromatic N) is 1. The number of carbonyl (C=O) groups excluding carboxylic acids is 1. The van der Waals surface area contributed by atoms with E-state index in [0.29, 0.717) is 17.3 Å². The van der Waals surface area contributed by atoms with E-state index in [1.165, 1.54) is 0 Å². The first-order chi connectivity index (χ1) is 8.54. The fourth-order valence-corrected chi connectivity index (χ4v) is 2.17. The maximum Gasteiger partial charge on any atom is 0.257 e. The Morgan fingerprint density at radius 3 is 2.89 bits per heavy atom. The lowest BCUT2D eigenvalue weighted by molar-refractivity contribution is -0.123. The molecule has 0 spiro atoms. The number of nitrogens with one attached hydrogen (secondary N) is 1. The van der Waals surface area contributed by atoms with Crippen LogP contribution in [0.4, 0.5) is 11.4 Å². The summed E-state index contributed by atoms with van der Waals surface area (Å²) in [6, 6.07) is 5.95. The van der Waals surface area contributed by atoms with Crippen LogP contribution >= 0.6 is 0 Å². The zero-order chi connectivity index (χ0) is 13.3. The van der Waals surface area contributed by atoms with Crippen molar-refractivity contribution in [2.24, 2.45) is 0 Å². The molecule has 96 valence electrons. The van der Waals surface area contributed by atoms with Crippen LogP contribution in [0.3, 0.4) is 0 Å². The summed E-state index contributed by atoms with van der Waals surface area (Å²) < 4.78 is 0. The Labute approximate surface area is 107 Å². The van der Waals surface area contributed by atoms with Crippen LogP contribution in [0, 0.1) is 0 Å². The van der Waals surface area contributed by atoms with Gasteiger partial charge in [0, 0.05) is 29.5 Å². The molecule has 0 saturated heterocycles. The molecule has 1 amide bonds. The van der Waals surface area contributed by atoms with Crippen molar-refractivity contribution in [3.8, 4) is 0 Å². The van der Waals surface area contributed by atoms with Crippen LogP contribution in [0.1, 0.15) is 25.5 Å². The molecule has 0 saturated carbocycles. The minimum Gasteiger partial charge on any atom is -0.378 e. The molecule has 1 unspecified atom stereocenters. The van der Waals surface area contributed by atoms with Gasteiger partial charge in [-0.25, -0.2) is 0 Å². The average molecular weight is 246 g/mol. The summed E-state index contributed by atoms with van der Waals surface area (Å²) in [4.78, 5) is 13.6. The van der Waals surface area contributed by atoms with Gasteiger partial charge in [-0.15, -0.1) is 6.58 Å². The molecular weight excluding hydrogens is 228 g/mol. The highest BCUT2D eigenvalue weighted by Gasteiger charge is 2.28. The number of hydrogen-bond acceptors (Lipinski definition) is 3. The number of fused-ring (bicyclic) bond motifs is 1. The van der Waals surface area contributed by atoms with Crippen LogP contribution in [0.15, 0.2) is 30.9 Å². The highest BCUT2D eigenvalue weighted by molar-refractivity contribution is 6.02. The maximum atomic E-state index is 11.4. The fourth-order valence-electron chi connectivity index (χ4n) is 2.17. The van der Waals surface area contributed by atoms with Gasteiger partial charge in [0.25, 0.3) is 5.91 Å². The molecular formula is C14H18N2O2. The van der Waals surface area contributed by atoms with Gasteiger partial charge in [0.2, 0.25) is 0 Å². The molecule has 2 N–H and O–H groups in total. The van der Waals surface area contributed by atoms with Crippen molar-refractivity contribution in [3.63, 3.8) is 0 Å². The Kier molecular flexibility index (Phi) is 3.39. The lowest BCUT2D eigenvalue weighted by atomic mass is 10.1. The minimum atomic E-state index is -1.04. The van der Waals surface area contributed by atoms with Gasteiger partial charge in [0.1, 0.15) is 0 Å². The number of aliphatic hydroxyl groups excluding tert-OH is 1. The topological polar surface area (TPSA) is 52.6 Å². The Morgan fingerprint density at radius 1 is 1.56 bits per heavy atom. The average Bonchev–Trinajstić information content (AvgIpc) is 2.61. The van der Waals surface area contributed by atoms with E-state index in [1.807, 2.05) is 18.2 Å². The lowest BCUT2D eigenvalue weighted by Crippen LogP contribution is -2.30. The molecule has 18 heavy (non-hydrogen) atoms. The van der Waals surface area contributed by atoms with E-state index in [0.717, 1.165) is 12.2 Å². The van der Waals surface area contributed by atoms with E-state index in [9.17, 15) is 9.90 Å². The molecule has 1 aromatic rings. The molecule has 1 atom stereocenters. The quantitative estimate of drug-likeness (QED) is 0.800. The minimum absolute atomic E-state index is 0.336. The van der Waals surface area contributed by atoms with Crippen molar-refractivity contribution in [1.29, 1.82) is 0 Å². The zero-order valence-electron chi connectivity index (χ0n) is 10.7. The largest absolute Gasteiger partial charge is 0.378 e. The van der Waals surface area contributed by atoms with Crippen molar-refractivity contribution >= 4 is 17.3 Å². The second-order valence-corrected chi connectivity index (χ2v) is 4.70. The van der Waals surface area contributed by atoms with Gasteiger partial charge >= 0.3 is 0 Å². The van der Waals surface area contributed by atoms with E-state index in [1.54, 1.807) is 6.07 Å². The number of amides is 1. The van der Waals surface area contributed by atoms with Crippen LogP contribution in [0.5, 0.6) is 0 Å². The predicted molar refractivity (Wildman–Crippen MR) is 72.7 cm³/mol. The molecule has 0 bridgehead atoms. The van der Waals surface area contributed by atoms with Gasteiger partial charge in [0.05, 0.1) is 0 Å². The van der Waals surface area contributed by atoms with Gasteiger partial charge in [-0.3, -0.25) is 4.79 Å². The lowest BCUT2D eigenvalue weighted by Gasteiger charge is -2.28. The van der Waals surface area contributed by atoms with E-state index in [4.69, 9.17) is 0 Å². The molecule has 0 aliphatic carbocycles. The third-order valence-corrected chi connectivity index (χ3v) is 3.12. The molecule has 1 aromatic carbocycles. The number of rotatable bonds is 4. The van der Waals surface area contributed by atoms with Crippen LogP contribution in [-0.4, -0.2) is 23.6 Å². The smallest absolute Gasteiger partial charge is 0.257 e. The van der Waals surface area contributed by atoms with Gasteiger partial charge < -0.3 is 15.3 Å². The second kappa shape index (κ2) is 4.82. The Bertz CT molecular complexity index is 483. The van der Waals surface area contributed by atoms with E-state index in [-0.39, 0.29) is 5.91 Å². The molecule has 0 aromatic heterocycles. The number of aliphatic hydroxyl groups is 1. The van der Waals surface area contributed by atoms with Gasteiger partial charge in [-0.05, 0) is 26.0 Å². The summed E-state index contributed by atoms with van der Waals surface area (Å²) in [6.45, 7) is 8.70. The van der Waals surface area contributed by atoms with Crippen molar-refractivity contribution in [2.75, 3.05) is 16.8 Å². The summed E-state index contributed by atoms with van der Waals surface area (Å²) >= 11 is 0. The number of hydrogen-bond donors (Lipinski definition) is 2. The van der Waals surface area contributed by atoms with Crippen molar-refractivity contribution < 1.29 is 9.90 Å². The summed E-state index contributed by atoms with van der Waals surface area (Å²) in [5, 5.41) is 12.3. The van der Waals surface area contributed by atoms with Crippen LogP contribution < -0.4 is 10.2 Å². The normalized spacial score (nSPS) is 17.6. The monoisotopic (exact) mass is 246 g/mol. The highest BCUT2D eigenvalue weighted by atomic mass is 16.3. The third-order valence-electron chi connectivity index (χ3n) is 3.12. The molecule has 2 rings (SSSR count). The Morgan fingerprint density at radius 2 is 2.28 bits per heavy atom. The van der Waals surface area contributed by atoms with Crippen LogP contribution in [-0.2, 0) is 4.79 Å². The zero-order valence-corrected chi connectivity index (χ0v) is 10.7. The molecule has 1 aliphatic heterocycles. The van der Waals surface area contributed by atoms with Crippen molar-refractivity contribution in [1.82, 2.24) is 0 Å². The highest BCUT2D eigenvalue weighted by Crippen LogP contribution is 2.34. The van der Waals surface area contributed by atoms with Crippen LogP contribution in [0.2, 0.25) is 0 Å². The fraction of sp³-hybridized carbons (Fsp3) is 0.357. The molecule has 4 heteroatoms. The van der Waals surface area contributed by atoms with E-state index in [2.05, 4.69) is 30.6 Å². The van der Waals surface area contributed by atoms with Crippen molar-refractivity contribution in [3.05, 3.63) is 36.4 Å². The summed E-state index contributed by atoms with van der Waals surface area (Å²) in [5.74, 6) is -0.359. The Hall–Kier alpha value is -1.81. The SMILES string of the molecule is C=CCN(c1ccc2c(c1)NC(=O)C2O)C(C)C. The molecule has 1 heterocycles. The first kappa shape index (κ1) is 12.6. The Balaban J connectivity index is 2.34. The molecule has 4 nitrogen and oxygen atoms in total. The van der Waals surface area contributed by atoms with Gasteiger partial charge in [0.15, 0.2) is 6.10 Å². The number of anilines is 2. The summed E-state index contributed by atoms with van der Waals surface area (Å²) in [5.41, 5.74) is 2.35. The standard InChI is InChI=1S/C14H18N2O2/c1-4-7-16(9(2)3)10-5-6-11-12(8-10)15-14(18)13(11)17/h4-6,8-9,13,17H,1,7H2,2-3H3,(H,15,18). The van der Waals surface area contributed by atoms with Crippen LogP contribution in [0.25, 0.3) is 0 Å². The first-order valence-electron chi connectivity index (χ1n) is 6.05. The van der Waals surface area contributed by atoms with Gasteiger partial charge in [-0.2, -0.15) is 0 Å². The molecule has 1 aliphatic rings. The predicted octanol–water partition coefficient (Wildman–Crippen LogP) is 2.07. The summed E-state index contributed by atoms with van der Waals surface area (Å²) in [7, 11) is 0. The van der Waals surface area contributed by atoms with Gasteiger partial charge in [-0.1, -0.05) is 12.1 Å². The third kappa shape index (κ3) is 2.11. The van der Waals surface area contributed by atoms with E-state index < -0.39 is 6.10 Å². The maximum absolute atomic E-state index is 11.4. The van der Waals surface area contributed by atoms with E-state index >= 15 is 0 Å². The number of carbonyl (C=O) groups is 1. The molecule has 0 radical (unpaired) electrons. The van der Waals surface area contributed by atoms with Crippen molar-refractivity contribution in [2.45, 2.75) is 26.0 Å². The number of benzene rings is 1. The first-order valence-corrected chi connectivity index (χ1v) is 6.05.